The summed E-state index contributed by atoms with van der Waals surface area (Å²) in [5, 5.41) is 2.87. The molecule has 1 rings (SSSR count). The van der Waals surface area contributed by atoms with E-state index < -0.39 is 0 Å². The summed E-state index contributed by atoms with van der Waals surface area (Å²) < 4.78 is 0. The molecule has 0 radical (unpaired) electrons. The number of aliphatic imine (C=N–C) groups is 1. The number of hydrogen-bond donors (Lipinski definition) is 1. The monoisotopic (exact) mass is 273 g/mol. The van der Waals surface area contributed by atoms with Gasteiger partial charge in [-0.2, -0.15) is 0 Å². The van der Waals surface area contributed by atoms with Crippen molar-refractivity contribution in [3.63, 3.8) is 0 Å². The van der Waals surface area contributed by atoms with Crippen molar-refractivity contribution in [3.8, 4) is 0 Å². The minimum absolute atomic E-state index is 0.0729. The van der Waals surface area contributed by atoms with E-state index in [1.807, 2.05) is 64.1 Å². The van der Waals surface area contributed by atoms with E-state index in [4.69, 9.17) is 0 Å². The molecule has 0 spiro atoms. The van der Waals surface area contributed by atoms with Crippen molar-refractivity contribution in [1.82, 2.24) is 10.2 Å². The molecule has 1 aromatic carbocycles. The Morgan fingerprint density at radius 2 is 1.80 bits per heavy atom. The number of nitrogens with one attached hydrogen (secondary N) is 1. The van der Waals surface area contributed by atoms with E-state index in [1.54, 1.807) is 4.90 Å². The maximum atomic E-state index is 11.9. The van der Waals surface area contributed by atoms with Gasteiger partial charge in [-0.1, -0.05) is 18.2 Å². The van der Waals surface area contributed by atoms with Gasteiger partial charge in [-0.25, -0.2) is 4.79 Å². The van der Waals surface area contributed by atoms with Gasteiger partial charge in [-0.3, -0.25) is 4.99 Å². The lowest BCUT2D eigenvalue weighted by atomic mass is 10.3. The molecule has 1 aromatic rings. The van der Waals surface area contributed by atoms with Crippen LogP contribution < -0.4 is 5.32 Å². The van der Waals surface area contributed by atoms with Crippen LogP contribution in [0.4, 0.5) is 10.5 Å². The van der Waals surface area contributed by atoms with E-state index >= 15 is 0 Å². The fraction of sp³-hybridized carbons (Fsp3) is 0.375. The van der Waals surface area contributed by atoms with E-state index in [1.165, 1.54) is 0 Å². The van der Waals surface area contributed by atoms with Crippen molar-refractivity contribution in [1.29, 1.82) is 0 Å². The predicted molar refractivity (Wildman–Crippen MR) is 84.4 cm³/mol. The first-order valence-electron chi connectivity index (χ1n) is 6.91. The Morgan fingerprint density at radius 1 is 1.20 bits per heavy atom. The zero-order valence-electron chi connectivity index (χ0n) is 12.7. The van der Waals surface area contributed by atoms with Gasteiger partial charge in [0, 0.05) is 24.5 Å². The molecule has 4 heteroatoms. The summed E-state index contributed by atoms with van der Waals surface area (Å²) in [6.45, 7) is 9.11. The van der Waals surface area contributed by atoms with Crippen molar-refractivity contribution in [2.24, 2.45) is 4.99 Å². The first-order valence-corrected chi connectivity index (χ1v) is 6.91. The number of nitrogens with zero attached hydrogens (tertiary/aromatic N) is 2. The van der Waals surface area contributed by atoms with E-state index in [-0.39, 0.29) is 6.03 Å². The lowest BCUT2D eigenvalue weighted by Crippen LogP contribution is -2.38. The lowest BCUT2D eigenvalue weighted by molar-refractivity contribution is 0.206. The molecule has 0 atom stereocenters. The number of rotatable bonds is 5. The van der Waals surface area contributed by atoms with Crippen LogP contribution in [0.25, 0.3) is 0 Å². The number of hydrogen-bond acceptors (Lipinski definition) is 2. The zero-order valence-corrected chi connectivity index (χ0v) is 12.7. The second-order valence-corrected chi connectivity index (χ2v) is 4.52. The topological polar surface area (TPSA) is 44.7 Å². The first-order chi connectivity index (χ1) is 9.56. The number of carbonyl (C=O) groups excluding carboxylic acids is 1. The molecule has 0 saturated heterocycles. The van der Waals surface area contributed by atoms with Crippen LogP contribution in [-0.4, -0.2) is 29.7 Å². The normalized spacial score (nSPS) is 12.2. The Kier molecular flexibility index (Phi) is 6.50. The highest BCUT2D eigenvalue weighted by atomic mass is 16.2. The molecule has 0 bridgehead atoms. The number of para-hydroxylation sites is 1. The Bertz CT molecular complexity index is 488. The van der Waals surface area contributed by atoms with Gasteiger partial charge < -0.3 is 10.2 Å². The molecule has 20 heavy (non-hydrogen) atoms. The minimum atomic E-state index is -0.0729. The number of benzene rings is 1. The molecule has 1 N–H and O–H groups in total. The maximum absolute atomic E-state index is 11.9. The largest absolute Gasteiger partial charge is 0.325 e. The molecular weight excluding hydrogens is 250 g/mol. The highest BCUT2D eigenvalue weighted by molar-refractivity contribution is 5.95. The van der Waals surface area contributed by atoms with Crippen LogP contribution >= 0.6 is 0 Å². The first kappa shape index (κ1) is 16.0. The molecule has 0 fully saturated rings. The van der Waals surface area contributed by atoms with Gasteiger partial charge in [0.15, 0.2) is 0 Å². The Balaban J connectivity index is 2.69. The summed E-state index contributed by atoms with van der Waals surface area (Å²) in [5.74, 6) is 0. The van der Waals surface area contributed by atoms with Gasteiger partial charge in [0.05, 0.1) is 5.69 Å². The predicted octanol–water partition coefficient (Wildman–Crippen LogP) is 3.73. The second kappa shape index (κ2) is 8.15. The second-order valence-electron chi connectivity index (χ2n) is 4.52. The van der Waals surface area contributed by atoms with Gasteiger partial charge in [0.1, 0.15) is 0 Å². The quantitative estimate of drug-likeness (QED) is 0.816. The van der Waals surface area contributed by atoms with Gasteiger partial charge in [-0.15, -0.1) is 0 Å². The summed E-state index contributed by atoms with van der Waals surface area (Å²) in [5.41, 5.74) is 2.55. The molecule has 108 valence electrons. The SMILES string of the molecule is CCN(CC)C(=O)N/C(C)=C/C(C)=Nc1ccccc1. The van der Waals surface area contributed by atoms with Crippen LogP contribution in [-0.2, 0) is 0 Å². The highest BCUT2D eigenvalue weighted by Crippen LogP contribution is 2.10. The van der Waals surface area contributed by atoms with Crippen LogP contribution in [0, 0.1) is 0 Å². The number of amides is 2. The molecule has 0 aliphatic carbocycles. The molecule has 0 unspecified atom stereocenters. The van der Waals surface area contributed by atoms with Gasteiger partial charge >= 0.3 is 6.03 Å². The van der Waals surface area contributed by atoms with Gasteiger partial charge in [-0.05, 0) is 45.9 Å². The third kappa shape index (κ3) is 5.26. The van der Waals surface area contributed by atoms with Crippen molar-refractivity contribution in [3.05, 3.63) is 42.1 Å². The molecule has 2 amide bonds. The van der Waals surface area contributed by atoms with Gasteiger partial charge in [0.2, 0.25) is 0 Å². The van der Waals surface area contributed by atoms with Crippen LogP contribution in [0.3, 0.4) is 0 Å². The molecule has 0 saturated carbocycles. The van der Waals surface area contributed by atoms with Crippen LogP contribution in [0.5, 0.6) is 0 Å². The maximum Gasteiger partial charge on any atom is 0.321 e. The zero-order chi connectivity index (χ0) is 15.0. The van der Waals surface area contributed by atoms with E-state index in [0.717, 1.165) is 17.1 Å². The van der Waals surface area contributed by atoms with Crippen LogP contribution in [0.2, 0.25) is 0 Å². The van der Waals surface area contributed by atoms with E-state index in [0.29, 0.717) is 13.1 Å². The van der Waals surface area contributed by atoms with Crippen molar-refractivity contribution < 1.29 is 4.79 Å². The fourth-order valence-electron chi connectivity index (χ4n) is 1.85. The summed E-state index contributed by atoms with van der Waals surface area (Å²) in [4.78, 5) is 18.1. The molecule has 0 aromatic heterocycles. The summed E-state index contributed by atoms with van der Waals surface area (Å²) >= 11 is 0. The average Bonchev–Trinajstić information content (AvgIpc) is 2.40. The summed E-state index contributed by atoms with van der Waals surface area (Å²) in [6, 6.07) is 9.67. The standard InChI is InChI=1S/C16H23N3O/c1-5-19(6-2)16(20)18-14(4)12-13(3)17-15-10-8-7-9-11-15/h7-12H,5-6H2,1-4H3,(H,18,20)/b14-12+,17-13?. The Hall–Kier alpha value is -2.10. The Labute approximate surface area is 121 Å². The fourth-order valence-corrected chi connectivity index (χ4v) is 1.85. The lowest BCUT2D eigenvalue weighted by Gasteiger charge is -2.19. The minimum Gasteiger partial charge on any atom is -0.325 e. The summed E-state index contributed by atoms with van der Waals surface area (Å²) in [7, 11) is 0. The van der Waals surface area contributed by atoms with Crippen LogP contribution in [0.1, 0.15) is 27.7 Å². The number of urea groups is 1. The van der Waals surface area contributed by atoms with E-state index in [2.05, 4.69) is 10.3 Å². The molecular formula is C16H23N3O. The molecule has 0 aliphatic rings. The van der Waals surface area contributed by atoms with E-state index in [9.17, 15) is 4.79 Å². The average molecular weight is 273 g/mol. The van der Waals surface area contributed by atoms with Crippen molar-refractivity contribution >= 4 is 17.4 Å². The molecule has 4 nitrogen and oxygen atoms in total. The van der Waals surface area contributed by atoms with Gasteiger partial charge in [0.25, 0.3) is 0 Å². The number of carbonyl (C=O) groups is 1. The van der Waals surface area contributed by atoms with Crippen molar-refractivity contribution in [2.45, 2.75) is 27.7 Å². The van der Waals surface area contributed by atoms with Crippen molar-refractivity contribution in [2.75, 3.05) is 13.1 Å². The smallest absolute Gasteiger partial charge is 0.321 e. The number of allylic oxidation sites excluding steroid dienone is 2. The van der Waals surface area contributed by atoms with Crippen LogP contribution in [0.15, 0.2) is 47.1 Å². The summed E-state index contributed by atoms with van der Waals surface area (Å²) in [6.07, 6.45) is 1.87. The molecule has 0 heterocycles. The molecule has 0 aliphatic heterocycles. The highest BCUT2D eigenvalue weighted by Gasteiger charge is 2.08. The Morgan fingerprint density at radius 3 is 2.35 bits per heavy atom. The third-order valence-electron chi connectivity index (χ3n) is 2.84. The third-order valence-corrected chi connectivity index (χ3v) is 2.84.